The highest BCUT2D eigenvalue weighted by Crippen LogP contribution is 2.13. The zero-order valence-corrected chi connectivity index (χ0v) is 20.4. The van der Waals surface area contributed by atoms with E-state index in [2.05, 4.69) is 37.9 Å². The molecule has 1 atom stereocenters. The van der Waals surface area contributed by atoms with Gasteiger partial charge in [0.15, 0.2) is 0 Å². The minimum absolute atomic E-state index is 0. The quantitative estimate of drug-likeness (QED) is 0.164. The molecule has 0 aromatic rings. The number of unbranched alkanes of at least 4 members (excludes halogenated alkanes) is 14. The van der Waals surface area contributed by atoms with Crippen LogP contribution in [0, 0.1) is 0 Å². The van der Waals surface area contributed by atoms with Crippen LogP contribution in [0.4, 0.5) is 0 Å². The number of hydrogen-bond acceptors (Lipinski definition) is 2. The predicted octanol–water partition coefficient (Wildman–Crippen LogP) is 7.47. The van der Waals surface area contributed by atoms with E-state index in [1.165, 1.54) is 89.9 Å². The van der Waals surface area contributed by atoms with Crippen LogP contribution in [-0.4, -0.2) is 30.1 Å². The zero-order chi connectivity index (χ0) is 20.2. The van der Waals surface area contributed by atoms with Gasteiger partial charge in [-0.25, -0.2) is 0 Å². The third kappa shape index (κ3) is 19.1. The van der Waals surface area contributed by atoms with Gasteiger partial charge in [0.1, 0.15) is 0 Å². The fraction of sp³-hybridized carbons (Fsp3) is 0.958. The highest BCUT2D eigenvalue weighted by atomic mass is 35.5. The van der Waals surface area contributed by atoms with E-state index in [1.807, 2.05) is 0 Å². The van der Waals surface area contributed by atoms with Gasteiger partial charge in [-0.1, -0.05) is 111 Å². The Hall–Kier alpha value is -0.280. The van der Waals surface area contributed by atoms with Gasteiger partial charge in [-0.3, -0.25) is 9.69 Å². The van der Waals surface area contributed by atoms with Crippen molar-refractivity contribution in [3.8, 4) is 0 Å². The van der Waals surface area contributed by atoms with Crippen molar-refractivity contribution in [3.63, 3.8) is 0 Å². The molecular weight excluding hydrogens is 368 g/mol. The Bertz CT molecular complexity index is 322. The normalized spacial score (nSPS) is 12.0. The van der Waals surface area contributed by atoms with Crippen molar-refractivity contribution in [3.05, 3.63) is 0 Å². The fourth-order valence-electron chi connectivity index (χ4n) is 3.82. The van der Waals surface area contributed by atoms with Crippen molar-refractivity contribution < 1.29 is 4.79 Å². The third-order valence-corrected chi connectivity index (χ3v) is 5.74. The van der Waals surface area contributed by atoms with E-state index in [-0.39, 0.29) is 24.5 Å². The number of nitrogens with zero attached hydrogens (tertiary/aromatic N) is 1. The molecule has 170 valence electrons. The molecule has 1 amide bonds. The van der Waals surface area contributed by atoms with Crippen LogP contribution in [0.5, 0.6) is 0 Å². The van der Waals surface area contributed by atoms with E-state index in [0.29, 0.717) is 6.42 Å². The van der Waals surface area contributed by atoms with Crippen LogP contribution in [0.25, 0.3) is 0 Å². The minimum Gasteiger partial charge on any atom is -0.341 e. The lowest BCUT2D eigenvalue weighted by molar-refractivity contribution is -0.123. The molecule has 0 radical (unpaired) electrons. The summed E-state index contributed by atoms with van der Waals surface area (Å²) in [6.45, 7) is 10.6. The van der Waals surface area contributed by atoms with Crippen LogP contribution in [0.3, 0.4) is 0 Å². The Labute approximate surface area is 183 Å². The van der Waals surface area contributed by atoms with Gasteiger partial charge in [0, 0.05) is 6.42 Å². The molecule has 1 N–H and O–H groups in total. The summed E-state index contributed by atoms with van der Waals surface area (Å²) >= 11 is 0. The maximum Gasteiger partial charge on any atom is 0.221 e. The van der Waals surface area contributed by atoms with Gasteiger partial charge in [0.05, 0.1) is 6.17 Å². The van der Waals surface area contributed by atoms with Gasteiger partial charge in [-0.15, -0.1) is 12.4 Å². The molecule has 0 heterocycles. The molecular formula is C24H51ClN2O. The Morgan fingerprint density at radius 2 is 1.04 bits per heavy atom. The lowest BCUT2D eigenvalue weighted by atomic mass is 10.0. The Morgan fingerprint density at radius 1 is 0.679 bits per heavy atom. The largest absolute Gasteiger partial charge is 0.341 e. The van der Waals surface area contributed by atoms with E-state index in [9.17, 15) is 4.79 Å². The Morgan fingerprint density at radius 3 is 1.39 bits per heavy atom. The van der Waals surface area contributed by atoms with Gasteiger partial charge in [0.25, 0.3) is 0 Å². The van der Waals surface area contributed by atoms with E-state index >= 15 is 0 Å². The first-order valence-corrected chi connectivity index (χ1v) is 12.2. The number of rotatable bonds is 20. The molecule has 0 aromatic heterocycles. The number of hydrogen-bond donors (Lipinski definition) is 1. The minimum atomic E-state index is 0. The molecule has 0 saturated heterocycles. The molecule has 1 unspecified atom stereocenters. The molecule has 4 heteroatoms. The lowest BCUT2D eigenvalue weighted by Gasteiger charge is -2.27. The second-order valence-corrected chi connectivity index (χ2v) is 8.16. The molecule has 0 aromatic carbocycles. The molecule has 3 nitrogen and oxygen atoms in total. The number of halogens is 1. The molecule has 0 aliphatic rings. The summed E-state index contributed by atoms with van der Waals surface area (Å²) in [5, 5.41) is 3.12. The molecule has 0 aliphatic heterocycles. The summed E-state index contributed by atoms with van der Waals surface area (Å²) in [6.07, 6.45) is 21.3. The molecule has 0 spiro atoms. The van der Waals surface area contributed by atoms with Crippen LogP contribution in [0.15, 0.2) is 0 Å². The van der Waals surface area contributed by atoms with Gasteiger partial charge in [-0.05, 0) is 26.4 Å². The van der Waals surface area contributed by atoms with E-state index < -0.39 is 0 Å². The average molecular weight is 419 g/mol. The monoisotopic (exact) mass is 418 g/mol. The van der Waals surface area contributed by atoms with Crippen molar-refractivity contribution in [2.45, 2.75) is 137 Å². The van der Waals surface area contributed by atoms with Crippen molar-refractivity contribution in [1.82, 2.24) is 10.2 Å². The summed E-state index contributed by atoms with van der Waals surface area (Å²) in [5.41, 5.74) is 0. The van der Waals surface area contributed by atoms with Gasteiger partial charge < -0.3 is 5.32 Å². The standard InChI is InChI=1S/C24H50N2O.ClH/c1-5-8-9-10-11-12-13-14-15-16-17-18-19-20-21-22-24(27)25-23(4)26(6-2)7-3;/h23H,5-22H2,1-4H3,(H,25,27);1H. The second kappa shape index (κ2) is 23.0. The first kappa shape index (κ1) is 29.9. The smallest absolute Gasteiger partial charge is 0.221 e. The number of carbonyl (C=O) groups is 1. The number of nitrogens with one attached hydrogen (secondary N) is 1. The predicted molar refractivity (Wildman–Crippen MR) is 127 cm³/mol. The summed E-state index contributed by atoms with van der Waals surface area (Å²) in [6, 6.07) is 0. The molecule has 0 bridgehead atoms. The van der Waals surface area contributed by atoms with Gasteiger partial charge in [-0.2, -0.15) is 0 Å². The van der Waals surface area contributed by atoms with Crippen LogP contribution in [0.2, 0.25) is 0 Å². The fourth-order valence-corrected chi connectivity index (χ4v) is 3.82. The van der Waals surface area contributed by atoms with Crippen molar-refractivity contribution in [2.75, 3.05) is 13.1 Å². The maximum absolute atomic E-state index is 12.0. The van der Waals surface area contributed by atoms with E-state index in [0.717, 1.165) is 19.5 Å². The SMILES string of the molecule is CCCCCCCCCCCCCCCCCC(=O)NC(C)N(CC)CC.Cl. The summed E-state index contributed by atoms with van der Waals surface area (Å²) < 4.78 is 0. The summed E-state index contributed by atoms with van der Waals surface area (Å²) in [4.78, 5) is 14.3. The molecule has 0 rings (SSSR count). The average Bonchev–Trinajstić information content (AvgIpc) is 2.65. The van der Waals surface area contributed by atoms with Crippen LogP contribution >= 0.6 is 12.4 Å². The Balaban J connectivity index is 0. The molecule has 0 aliphatic carbocycles. The first-order valence-electron chi connectivity index (χ1n) is 12.2. The second-order valence-electron chi connectivity index (χ2n) is 8.16. The van der Waals surface area contributed by atoms with Crippen molar-refractivity contribution >= 4 is 18.3 Å². The van der Waals surface area contributed by atoms with Crippen molar-refractivity contribution in [1.29, 1.82) is 0 Å². The third-order valence-electron chi connectivity index (χ3n) is 5.74. The lowest BCUT2D eigenvalue weighted by Crippen LogP contribution is -2.45. The van der Waals surface area contributed by atoms with Crippen LogP contribution in [-0.2, 0) is 4.79 Å². The topological polar surface area (TPSA) is 32.3 Å². The maximum atomic E-state index is 12.0. The highest BCUT2D eigenvalue weighted by Gasteiger charge is 2.12. The van der Waals surface area contributed by atoms with Gasteiger partial charge >= 0.3 is 0 Å². The molecule has 28 heavy (non-hydrogen) atoms. The summed E-state index contributed by atoms with van der Waals surface area (Å²) in [7, 11) is 0. The molecule has 0 fully saturated rings. The zero-order valence-electron chi connectivity index (χ0n) is 19.6. The van der Waals surface area contributed by atoms with E-state index in [4.69, 9.17) is 0 Å². The number of amides is 1. The first-order chi connectivity index (χ1) is 13.2. The van der Waals surface area contributed by atoms with Crippen molar-refractivity contribution in [2.24, 2.45) is 0 Å². The van der Waals surface area contributed by atoms with Gasteiger partial charge in [0.2, 0.25) is 5.91 Å². The van der Waals surface area contributed by atoms with Crippen LogP contribution in [0.1, 0.15) is 130 Å². The van der Waals surface area contributed by atoms with E-state index in [1.54, 1.807) is 0 Å². The Kier molecular flexibility index (Phi) is 24.6. The number of carbonyl (C=O) groups excluding carboxylic acids is 1. The van der Waals surface area contributed by atoms with Crippen LogP contribution < -0.4 is 5.32 Å². The summed E-state index contributed by atoms with van der Waals surface area (Å²) in [5.74, 6) is 0.212. The highest BCUT2D eigenvalue weighted by molar-refractivity contribution is 5.85. The molecule has 0 saturated carbocycles.